The van der Waals surface area contributed by atoms with Gasteiger partial charge in [0.1, 0.15) is 24.2 Å². The molecular formula is C51H65F5N6O13S. The number of alkyl halides is 3. The van der Waals surface area contributed by atoms with E-state index in [0.717, 1.165) is 71.7 Å². The van der Waals surface area contributed by atoms with Gasteiger partial charge in [0.25, 0.3) is 11.8 Å². The average Bonchev–Trinajstić information content (AvgIpc) is 4.12. The molecule has 3 heterocycles. The van der Waals surface area contributed by atoms with Gasteiger partial charge in [0.15, 0.2) is 0 Å². The number of ether oxygens (including phenoxy) is 4. The van der Waals surface area contributed by atoms with Crippen LogP contribution in [-0.4, -0.2) is 175 Å². The fourth-order valence-electron chi connectivity index (χ4n) is 7.88. The number of imide groups is 1. The molecule has 0 radical (unpaired) electrons. The number of hydrogen-bond acceptors (Lipinski definition) is 13. The van der Waals surface area contributed by atoms with Gasteiger partial charge in [0.05, 0.1) is 64.6 Å². The second-order valence-corrected chi connectivity index (χ2v) is 19.5. The highest BCUT2D eigenvalue weighted by Gasteiger charge is 2.40. The summed E-state index contributed by atoms with van der Waals surface area (Å²) in [4.78, 5) is 86.0. The van der Waals surface area contributed by atoms with E-state index in [2.05, 4.69) is 16.0 Å². The minimum absolute atomic E-state index is 0.0336. The minimum atomic E-state index is -5.08. The predicted octanol–water partition coefficient (Wildman–Crippen LogP) is 4.44. The largest absolute Gasteiger partial charge is 0.490 e. The van der Waals surface area contributed by atoms with Gasteiger partial charge in [-0.1, -0.05) is 51.1 Å². The molecule has 1 saturated heterocycles. The average molecular weight is 1100 g/mol. The normalized spacial score (nSPS) is 15.3. The van der Waals surface area contributed by atoms with Crippen LogP contribution in [0.15, 0.2) is 72.9 Å². The van der Waals surface area contributed by atoms with Gasteiger partial charge in [-0.2, -0.15) is 13.2 Å². The van der Waals surface area contributed by atoms with Crippen LogP contribution in [0.5, 0.6) is 0 Å². The number of halogens is 5. The van der Waals surface area contributed by atoms with Crippen LogP contribution in [0.4, 0.5) is 22.0 Å². The van der Waals surface area contributed by atoms with Crippen LogP contribution >= 0.6 is 11.8 Å². The van der Waals surface area contributed by atoms with Crippen LogP contribution in [0.25, 0.3) is 11.1 Å². The molecule has 0 saturated carbocycles. The Kier molecular flexibility index (Phi) is 25.5. The van der Waals surface area contributed by atoms with Crippen molar-refractivity contribution < 1.29 is 84.7 Å². The first kappa shape index (κ1) is 62.3. The number of amides is 5. The van der Waals surface area contributed by atoms with Crippen molar-refractivity contribution in [1.82, 2.24) is 30.3 Å². The third-order valence-corrected chi connectivity index (χ3v) is 12.5. The molecule has 2 aromatic carbocycles. The molecule has 1 fully saturated rings. The molecule has 3 unspecified atom stereocenters. The van der Waals surface area contributed by atoms with Gasteiger partial charge < -0.3 is 54.6 Å². The summed E-state index contributed by atoms with van der Waals surface area (Å²) >= 11 is 1.12. The number of nitrogens with zero attached hydrogens (tertiary/aromatic N) is 3. The summed E-state index contributed by atoms with van der Waals surface area (Å²) in [5.41, 5.74) is 1.78. The third-order valence-electron chi connectivity index (χ3n) is 11.5. The van der Waals surface area contributed by atoms with Crippen molar-refractivity contribution in [3.8, 4) is 11.1 Å². The van der Waals surface area contributed by atoms with Crippen LogP contribution in [0.1, 0.15) is 50.9 Å². The van der Waals surface area contributed by atoms with Gasteiger partial charge in [0, 0.05) is 67.0 Å². The Bertz CT molecular complexity index is 2410. The molecule has 5 rings (SSSR count). The molecule has 25 heteroatoms. The summed E-state index contributed by atoms with van der Waals surface area (Å²) in [5.74, 6) is -7.36. The lowest BCUT2D eigenvalue weighted by molar-refractivity contribution is -0.192. The van der Waals surface area contributed by atoms with Gasteiger partial charge in [-0.25, -0.2) is 18.4 Å². The molecule has 3 aromatic rings. The Labute approximate surface area is 440 Å². The number of rotatable bonds is 30. The summed E-state index contributed by atoms with van der Waals surface area (Å²) in [7, 11) is 0. The summed E-state index contributed by atoms with van der Waals surface area (Å²) in [6.07, 6.45) is -0.284. The van der Waals surface area contributed by atoms with E-state index in [1.807, 2.05) is 66.6 Å². The molecule has 19 nitrogen and oxygen atoms in total. The first-order chi connectivity index (χ1) is 36.0. The quantitative estimate of drug-likeness (QED) is 0.0352. The van der Waals surface area contributed by atoms with Crippen molar-refractivity contribution >= 4 is 53.2 Å². The molecule has 0 aliphatic carbocycles. The second-order valence-electron chi connectivity index (χ2n) is 18.5. The van der Waals surface area contributed by atoms with Crippen LogP contribution in [-0.2, 0) is 59.1 Å². The smallest absolute Gasteiger partial charge is 0.480 e. The fourth-order valence-corrected chi connectivity index (χ4v) is 8.80. The van der Waals surface area contributed by atoms with Crippen LogP contribution < -0.4 is 16.0 Å². The molecule has 2 aliphatic rings. The topological polar surface area (TPSA) is 244 Å². The lowest BCUT2D eigenvalue weighted by atomic mass is 9.82. The molecule has 5 amide bonds. The van der Waals surface area contributed by atoms with E-state index in [-0.39, 0.29) is 88.0 Å². The Hall–Kier alpha value is -6.25. The number of carboxylic acid groups (broad SMARTS) is 2. The Morgan fingerprint density at radius 1 is 0.842 bits per heavy atom. The van der Waals surface area contributed by atoms with E-state index >= 15 is 4.39 Å². The highest BCUT2D eigenvalue weighted by atomic mass is 32.2. The number of carbonyl (C=O) groups is 7. The van der Waals surface area contributed by atoms with Gasteiger partial charge in [-0.05, 0) is 60.7 Å². The van der Waals surface area contributed by atoms with Crippen molar-refractivity contribution in [3.63, 3.8) is 0 Å². The summed E-state index contributed by atoms with van der Waals surface area (Å²) < 4.78 is 85.3. The summed E-state index contributed by atoms with van der Waals surface area (Å²) in [6, 6.07) is 13.2. The minimum Gasteiger partial charge on any atom is -0.480 e. The standard InChI is InChI=1S/C49H64F2N6O11S.C2HF3O2/c1-49(2,3)47(41-25-36(38-26-37(50)9-10-39(38)51)30-55(41)28-34-7-5-4-6-8-34)57(29-35-13-15-52-27-35)46(62)33-69-32-40(48(63)64)54-42(58)14-17-65-19-21-67-23-24-68-22-20-66-18-16-53-43(59)31-56-44(60)11-12-45(56)61;3-2(4,5)1(6)7/h4-12,25-26,30,35,40,47,52H,13-24,27-29,31-33H2,1-3H3,(H,53,59)(H,54,58)(H,63,64);(H,6,7). The van der Waals surface area contributed by atoms with E-state index in [1.165, 1.54) is 6.07 Å². The van der Waals surface area contributed by atoms with Crippen molar-refractivity contribution in [2.24, 2.45) is 11.3 Å². The Morgan fingerprint density at radius 3 is 2.01 bits per heavy atom. The van der Waals surface area contributed by atoms with E-state index in [1.54, 1.807) is 6.20 Å². The number of carboxylic acids is 2. The molecule has 0 bridgehead atoms. The van der Waals surface area contributed by atoms with Crippen LogP contribution in [0.3, 0.4) is 0 Å². The van der Waals surface area contributed by atoms with Crippen molar-refractivity contribution in [1.29, 1.82) is 0 Å². The number of benzene rings is 2. The predicted molar refractivity (Wildman–Crippen MR) is 268 cm³/mol. The summed E-state index contributed by atoms with van der Waals surface area (Å²) in [5, 5.41) is 25.6. The zero-order chi connectivity index (χ0) is 55.8. The number of thioether (sulfide) groups is 1. The lowest BCUT2D eigenvalue weighted by Gasteiger charge is -2.42. The highest BCUT2D eigenvalue weighted by molar-refractivity contribution is 8.00. The number of aromatic nitrogens is 1. The monoisotopic (exact) mass is 1100 g/mol. The molecule has 0 spiro atoms. The van der Waals surface area contributed by atoms with Gasteiger partial charge in [-0.3, -0.25) is 28.9 Å². The maximum Gasteiger partial charge on any atom is 0.490 e. The molecule has 3 atom stereocenters. The number of aliphatic carboxylic acids is 2. The van der Waals surface area contributed by atoms with E-state index in [9.17, 15) is 51.4 Å². The third kappa shape index (κ3) is 21.4. The number of carbonyl (C=O) groups excluding carboxylic acids is 5. The maximum atomic E-state index is 15.2. The SMILES string of the molecule is CC(C)(C)C(c1cc(-c2cc(F)ccc2F)cn1Cc1ccccc1)N(CC1CCNC1)C(=O)CSCC(NC(=O)CCOCCOCCOCCOCCNC(=O)CN1C(=O)C=CC1=O)C(=O)O.O=C(O)C(F)(F)F. The van der Waals surface area contributed by atoms with E-state index in [4.69, 9.17) is 28.8 Å². The van der Waals surface area contributed by atoms with Crippen molar-refractivity contribution in [2.45, 2.75) is 58.4 Å². The second kappa shape index (κ2) is 31.1. The molecular weight excluding hydrogens is 1030 g/mol. The van der Waals surface area contributed by atoms with Crippen molar-refractivity contribution in [3.05, 3.63) is 95.8 Å². The van der Waals surface area contributed by atoms with Gasteiger partial charge in [0.2, 0.25) is 17.7 Å². The Morgan fingerprint density at radius 2 is 1.45 bits per heavy atom. The van der Waals surface area contributed by atoms with Crippen molar-refractivity contribution in [2.75, 3.05) is 97.1 Å². The first-order valence-electron chi connectivity index (χ1n) is 24.3. The van der Waals surface area contributed by atoms with E-state index < -0.39 is 70.9 Å². The highest BCUT2D eigenvalue weighted by Crippen LogP contribution is 2.42. The van der Waals surface area contributed by atoms with E-state index in [0.29, 0.717) is 31.9 Å². The van der Waals surface area contributed by atoms with Gasteiger partial charge in [-0.15, -0.1) is 11.8 Å². The lowest BCUT2D eigenvalue weighted by Crippen LogP contribution is -2.46. The maximum absolute atomic E-state index is 15.2. The zero-order valence-electron chi connectivity index (χ0n) is 42.4. The number of hydrogen-bond donors (Lipinski definition) is 5. The molecule has 5 N–H and O–H groups in total. The first-order valence-corrected chi connectivity index (χ1v) is 25.4. The van der Waals surface area contributed by atoms with Crippen LogP contribution in [0.2, 0.25) is 0 Å². The van der Waals surface area contributed by atoms with Crippen LogP contribution in [0, 0.1) is 23.0 Å². The Balaban J connectivity index is 0.00000166. The molecule has 2 aliphatic heterocycles. The fraction of sp³-hybridized carbons (Fsp3) is 0.510. The van der Waals surface area contributed by atoms with Gasteiger partial charge >= 0.3 is 18.1 Å². The zero-order valence-corrected chi connectivity index (χ0v) is 43.2. The summed E-state index contributed by atoms with van der Waals surface area (Å²) in [6.45, 7) is 10.2. The molecule has 418 valence electrons. The molecule has 76 heavy (non-hydrogen) atoms. The molecule has 1 aromatic heterocycles. The number of nitrogens with one attached hydrogen (secondary N) is 3.